The lowest BCUT2D eigenvalue weighted by molar-refractivity contribution is -0.147. The SMILES string of the molecule is CCC(CC)(C(=O)N1CCC[C@H](C(=O)O)C1)c1ccc(OC)c(OC)c1. The van der Waals surface area contributed by atoms with Gasteiger partial charge in [0.2, 0.25) is 5.91 Å². The highest BCUT2D eigenvalue weighted by atomic mass is 16.5. The number of carboxylic acid groups (broad SMARTS) is 1. The van der Waals surface area contributed by atoms with Crippen molar-refractivity contribution in [3.05, 3.63) is 23.8 Å². The van der Waals surface area contributed by atoms with Crippen molar-refractivity contribution in [2.45, 2.75) is 44.9 Å². The first kappa shape index (κ1) is 20.1. The molecule has 1 fully saturated rings. The second-order valence-electron chi connectivity index (χ2n) is 6.79. The summed E-state index contributed by atoms with van der Waals surface area (Å²) in [4.78, 5) is 26.6. The van der Waals surface area contributed by atoms with Crippen molar-refractivity contribution < 1.29 is 24.2 Å². The summed E-state index contributed by atoms with van der Waals surface area (Å²) < 4.78 is 10.7. The Hall–Kier alpha value is -2.24. The second kappa shape index (κ2) is 8.43. The van der Waals surface area contributed by atoms with Gasteiger partial charge in [0.1, 0.15) is 0 Å². The van der Waals surface area contributed by atoms with E-state index in [1.807, 2.05) is 32.0 Å². The van der Waals surface area contributed by atoms with Gasteiger partial charge in [0, 0.05) is 13.1 Å². The number of nitrogens with zero attached hydrogens (tertiary/aromatic N) is 1. The van der Waals surface area contributed by atoms with Crippen molar-refractivity contribution in [3.8, 4) is 11.5 Å². The molecule has 1 aliphatic rings. The summed E-state index contributed by atoms with van der Waals surface area (Å²) >= 11 is 0. The number of benzene rings is 1. The zero-order chi connectivity index (χ0) is 19.3. The van der Waals surface area contributed by atoms with Gasteiger partial charge in [0.05, 0.1) is 25.6 Å². The molecule has 6 nitrogen and oxygen atoms in total. The smallest absolute Gasteiger partial charge is 0.308 e. The summed E-state index contributed by atoms with van der Waals surface area (Å²) in [5.41, 5.74) is 0.183. The highest BCUT2D eigenvalue weighted by Crippen LogP contribution is 2.39. The van der Waals surface area contributed by atoms with Gasteiger partial charge in [0.15, 0.2) is 11.5 Å². The molecule has 0 aliphatic carbocycles. The van der Waals surface area contributed by atoms with E-state index in [4.69, 9.17) is 9.47 Å². The first-order valence-corrected chi connectivity index (χ1v) is 9.18. The molecular formula is C20H29NO5. The number of hydrogen-bond acceptors (Lipinski definition) is 4. The van der Waals surface area contributed by atoms with Gasteiger partial charge in [-0.15, -0.1) is 0 Å². The van der Waals surface area contributed by atoms with Crippen LogP contribution in [0.5, 0.6) is 11.5 Å². The maximum atomic E-state index is 13.5. The number of likely N-dealkylation sites (tertiary alicyclic amines) is 1. The van der Waals surface area contributed by atoms with Crippen LogP contribution < -0.4 is 9.47 Å². The number of amides is 1. The minimum absolute atomic E-state index is 0.000620. The molecule has 0 unspecified atom stereocenters. The molecule has 26 heavy (non-hydrogen) atoms. The first-order chi connectivity index (χ1) is 12.4. The van der Waals surface area contributed by atoms with Crippen molar-refractivity contribution >= 4 is 11.9 Å². The van der Waals surface area contributed by atoms with Crippen LogP contribution in [-0.4, -0.2) is 49.2 Å². The van der Waals surface area contributed by atoms with Gasteiger partial charge in [-0.2, -0.15) is 0 Å². The molecule has 0 spiro atoms. The van der Waals surface area contributed by atoms with Gasteiger partial charge in [-0.05, 0) is 43.4 Å². The Morgan fingerprint density at radius 2 is 1.85 bits per heavy atom. The lowest BCUT2D eigenvalue weighted by atomic mass is 9.74. The lowest BCUT2D eigenvalue weighted by Gasteiger charge is -2.39. The van der Waals surface area contributed by atoms with Crippen LogP contribution in [0.4, 0.5) is 0 Å². The van der Waals surface area contributed by atoms with E-state index in [9.17, 15) is 14.7 Å². The number of carbonyl (C=O) groups excluding carboxylic acids is 1. The topological polar surface area (TPSA) is 76.1 Å². The van der Waals surface area contributed by atoms with Crippen LogP contribution >= 0.6 is 0 Å². The van der Waals surface area contributed by atoms with Gasteiger partial charge in [-0.3, -0.25) is 9.59 Å². The number of hydrogen-bond donors (Lipinski definition) is 1. The maximum absolute atomic E-state index is 13.5. The average Bonchev–Trinajstić information content (AvgIpc) is 2.69. The Bertz CT molecular complexity index is 654. The van der Waals surface area contributed by atoms with Gasteiger partial charge < -0.3 is 19.5 Å². The van der Waals surface area contributed by atoms with E-state index in [0.29, 0.717) is 37.3 Å². The molecule has 1 aromatic rings. The molecule has 1 saturated heterocycles. The largest absolute Gasteiger partial charge is 0.493 e. The molecule has 0 saturated carbocycles. The predicted molar refractivity (Wildman–Crippen MR) is 98.7 cm³/mol. The molecule has 1 N–H and O–H groups in total. The van der Waals surface area contributed by atoms with Crippen LogP contribution in [-0.2, 0) is 15.0 Å². The summed E-state index contributed by atoms with van der Waals surface area (Å²) in [7, 11) is 3.15. The molecule has 1 amide bonds. The van der Waals surface area contributed by atoms with Crippen LogP contribution in [0.2, 0.25) is 0 Å². The zero-order valence-corrected chi connectivity index (χ0v) is 16.1. The van der Waals surface area contributed by atoms with Gasteiger partial charge in [-0.25, -0.2) is 0 Å². The number of methoxy groups -OCH3 is 2. The first-order valence-electron chi connectivity index (χ1n) is 9.18. The Labute approximate surface area is 155 Å². The Morgan fingerprint density at radius 1 is 1.19 bits per heavy atom. The fourth-order valence-corrected chi connectivity index (χ4v) is 3.88. The summed E-state index contributed by atoms with van der Waals surface area (Å²) in [6.07, 6.45) is 2.61. The van der Waals surface area contributed by atoms with Gasteiger partial charge in [0.25, 0.3) is 0 Å². The lowest BCUT2D eigenvalue weighted by Crippen LogP contribution is -2.51. The molecule has 2 rings (SSSR count). The molecule has 0 bridgehead atoms. The summed E-state index contributed by atoms with van der Waals surface area (Å²) in [5, 5.41) is 9.33. The standard InChI is InChI=1S/C20H29NO5/c1-5-20(6-2,15-9-10-16(25-3)17(12-15)26-4)19(24)21-11-7-8-14(13-21)18(22)23/h9-10,12,14H,5-8,11,13H2,1-4H3,(H,22,23)/t14-/m0/s1. The summed E-state index contributed by atoms with van der Waals surface area (Å²) in [5.74, 6) is -0.0998. The third-order valence-electron chi connectivity index (χ3n) is 5.61. The quantitative estimate of drug-likeness (QED) is 0.806. The van der Waals surface area contributed by atoms with Crippen molar-refractivity contribution in [2.75, 3.05) is 27.3 Å². The Morgan fingerprint density at radius 3 is 2.38 bits per heavy atom. The average molecular weight is 363 g/mol. The Kier molecular flexibility index (Phi) is 6.51. The predicted octanol–water partition coefficient (Wildman–Crippen LogP) is 3.08. The van der Waals surface area contributed by atoms with Crippen molar-refractivity contribution in [2.24, 2.45) is 5.92 Å². The van der Waals surface area contributed by atoms with Crippen LogP contribution in [0, 0.1) is 5.92 Å². The molecular weight excluding hydrogens is 334 g/mol. The fraction of sp³-hybridized carbons (Fsp3) is 0.600. The van der Waals surface area contributed by atoms with Gasteiger partial charge in [-0.1, -0.05) is 19.9 Å². The highest BCUT2D eigenvalue weighted by Gasteiger charge is 2.42. The van der Waals surface area contributed by atoms with E-state index in [1.54, 1.807) is 19.1 Å². The third-order valence-corrected chi connectivity index (χ3v) is 5.61. The zero-order valence-electron chi connectivity index (χ0n) is 16.1. The second-order valence-corrected chi connectivity index (χ2v) is 6.79. The minimum atomic E-state index is -0.827. The van der Waals surface area contributed by atoms with Crippen molar-refractivity contribution in [1.29, 1.82) is 0 Å². The molecule has 0 radical (unpaired) electrons. The highest BCUT2D eigenvalue weighted by molar-refractivity contribution is 5.89. The maximum Gasteiger partial charge on any atom is 0.308 e. The molecule has 144 valence electrons. The van der Waals surface area contributed by atoms with E-state index < -0.39 is 17.3 Å². The summed E-state index contributed by atoms with van der Waals surface area (Å²) in [6, 6.07) is 5.59. The van der Waals surface area contributed by atoms with Crippen LogP contribution in [0.3, 0.4) is 0 Å². The molecule has 1 aromatic carbocycles. The van der Waals surface area contributed by atoms with E-state index in [1.165, 1.54) is 0 Å². The van der Waals surface area contributed by atoms with Crippen LogP contribution in [0.25, 0.3) is 0 Å². The number of aliphatic carboxylic acids is 1. The Balaban J connectivity index is 2.39. The molecule has 1 heterocycles. The number of ether oxygens (including phenoxy) is 2. The van der Waals surface area contributed by atoms with E-state index in [-0.39, 0.29) is 12.5 Å². The normalized spacial score (nSPS) is 17.7. The molecule has 0 aromatic heterocycles. The molecule has 1 aliphatic heterocycles. The monoisotopic (exact) mass is 363 g/mol. The number of carbonyl (C=O) groups is 2. The molecule has 1 atom stereocenters. The fourth-order valence-electron chi connectivity index (χ4n) is 3.88. The van der Waals surface area contributed by atoms with Crippen LogP contribution in [0.15, 0.2) is 18.2 Å². The number of rotatable bonds is 7. The van der Waals surface area contributed by atoms with Crippen molar-refractivity contribution in [1.82, 2.24) is 4.90 Å². The van der Waals surface area contributed by atoms with Gasteiger partial charge >= 0.3 is 5.97 Å². The van der Waals surface area contributed by atoms with E-state index in [2.05, 4.69) is 0 Å². The van der Waals surface area contributed by atoms with E-state index in [0.717, 1.165) is 12.0 Å². The number of piperidine rings is 1. The van der Waals surface area contributed by atoms with Crippen molar-refractivity contribution in [3.63, 3.8) is 0 Å². The minimum Gasteiger partial charge on any atom is -0.493 e. The third kappa shape index (κ3) is 3.64. The van der Waals surface area contributed by atoms with E-state index >= 15 is 0 Å². The summed E-state index contributed by atoms with van der Waals surface area (Å²) in [6.45, 7) is 4.88. The molecule has 6 heteroatoms. The van der Waals surface area contributed by atoms with Crippen LogP contribution in [0.1, 0.15) is 45.1 Å². The number of carboxylic acids is 1.